The van der Waals surface area contributed by atoms with Gasteiger partial charge in [-0.2, -0.15) is 0 Å². The van der Waals surface area contributed by atoms with Crippen LogP contribution in [0.3, 0.4) is 0 Å². The number of fused-ring (bicyclic) bond motifs is 4. The predicted molar refractivity (Wildman–Crippen MR) is 133 cm³/mol. The lowest BCUT2D eigenvalue weighted by Gasteiger charge is -2.42. The molecule has 2 heterocycles. The molecule has 0 saturated carbocycles. The number of phenols is 1. The number of carbonyl (C=O) groups excluding carboxylic acids is 2. The summed E-state index contributed by atoms with van der Waals surface area (Å²) in [6.07, 6.45) is 1.16. The van der Waals surface area contributed by atoms with Crippen LogP contribution in [0, 0.1) is 17.8 Å². The zero-order valence-electron chi connectivity index (χ0n) is 19.4. The number of carbonyl (C=O) groups is 2. The van der Waals surface area contributed by atoms with E-state index in [2.05, 4.69) is 0 Å². The number of hydrogen-bond acceptors (Lipinski definition) is 5. The van der Waals surface area contributed by atoms with Crippen LogP contribution in [0.2, 0.25) is 0 Å². The molecule has 3 aliphatic rings. The van der Waals surface area contributed by atoms with E-state index in [9.17, 15) is 19.7 Å². The Kier molecular flexibility index (Phi) is 5.27. The standard InChI is InChI=1S/C28H26BNO5/c1-2-16-14-22-25(28(33)30(27(22)32)17-8-4-3-5-9-17)21-15-24(35-29(34)26(16)21)20-12-13-23(31)19-11-7-6-10-18(19)20/h3-13,21-22,24-25,31,34H,2,14-15H2,1H3/t21-,22-,24-,25+/m0/s1. The molecular formula is C28H26BNO5. The van der Waals surface area contributed by atoms with Crippen molar-refractivity contribution in [2.75, 3.05) is 4.90 Å². The van der Waals surface area contributed by atoms with Crippen LogP contribution >= 0.6 is 0 Å². The Labute approximate surface area is 204 Å². The number of phenolic OH excluding ortho intramolecular Hbond substituents is 1. The molecule has 2 saturated heterocycles. The number of hydrogen-bond donors (Lipinski definition) is 2. The van der Waals surface area contributed by atoms with E-state index >= 15 is 0 Å². The molecule has 0 aromatic heterocycles. The lowest BCUT2D eigenvalue weighted by molar-refractivity contribution is -0.123. The summed E-state index contributed by atoms with van der Waals surface area (Å²) >= 11 is 0. The summed E-state index contributed by atoms with van der Waals surface area (Å²) in [5, 5.41) is 23.1. The molecule has 0 spiro atoms. The maximum absolute atomic E-state index is 13.7. The van der Waals surface area contributed by atoms with Gasteiger partial charge in [-0.25, -0.2) is 0 Å². The van der Waals surface area contributed by atoms with Crippen LogP contribution in [0.25, 0.3) is 10.8 Å². The average Bonchev–Trinajstić information content (AvgIpc) is 3.13. The van der Waals surface area contributed by atoms with Crippen LogP contribution in [0.15, 0.2) is 77.8 Å². The van der Waals surface area contributed by atoms with Gasteiger partial charge in [0.2, 0.25) is 11.8 Å². The summed E-state index contributed by atoms with van der Waals surface area (Å²) in [5.74, 6) is -1.44. The molecule has 3 aromatic rings. The molecule has 2 amide bonds. The number of para-hydroxylation sites is 1. The molecular weight excluding hydrogens is 441 g/mol. The summed E-state index contributed by atoms with van der Waals surface area (Å²) in [5.41, 5.74) is 3.22. The Morgan fingerprint density at radius 2 is 1.66 bits per heavy atom. The van der Waals surface area contributed by atoms with Gasteiger partial charge in [-0.15, -0.1) is 0 Å². The number of imide groups is 1. The van der Waals surface area contributed by atoms with Gasteiger partial charge in [-0.3, -0.25) is 14.5 Å². The van der Waals surface area contributed by atoms with Gasteiger partial charge in [0.15, 0.2) is 0 Å². The van der Waals surface area contributed by atoms with Crippen LogP contribution in [0.1, 0.15) is 37.9 Å². The summed E-state index contributed by atoms with van der Waals surface area (Å²) in [6.45, 7) is 2.02. The van der Waals surface area contributed by atoms with Crippen molar-refractivity contribution < 1.29 is 24.4 Å². The predicted octanol–water partition coefficient (Wildman–Crippen LogP) is 4.56. The lowest BCUT2D eigenvalue weighted by atomic mass is 9.55. The number of aromatic hydroxyl groups is 1. The Hall–Kier alpha value is -3.42. The maximum atomic E-state index is 13.7. The Morgan fingerprint density at radius 3 is 2.40 bits per heavy atom. The number of allylic oxidation sites excluding steroid dienone is 2. The second-order valence-corrected chi connectivity index (χ2v) is 9.64. The largest absolute Gasteiger partial charge is 0.507 e. The van der Waals surface area contributed by atoms with Crippen molar-refractivity contribution in [3.63, 3.8) is 0 Å². The van der Waals surface area contributed by atoms with Crippen molar-refractivity contribution in [1.29, 1.82) is 0 Å². The fourth-order valence-electron chi connectivity index (χ4n) is 6.37. The lowest BCUT2D eigenvalue weighted by Crippen LogP contribution is -2.44. The summed E-state index contributed by atoms with van der Waals surface area (Å²) in [4.78, 5) is 28.6. The van der Waals surface area contributed by atoms with E-state index in [4.69, 9.17) is 4.65 Å². The van der Waals surface area contributed by atoms with E-state index in [0.717, 1.165) is 22.0 Å². The quantitative estimate of drug-likeness (QED) is 0.436. The molecule has 2 N–H and O–H groups in total. The fraction of sp³-hybridized carbons (Fsp3) is 0.286. The zero-order chi connectivity index (χ0) is 24.3. The third-order valence-corrected chi connectivity index (χ3v) is 7.93. The van der Waals surface area contributed by atoms with E-state index in [-0.39, 0.29) is 23.5 Å². The minimum absolute atomic E-state index is 0.163. The maximum Gasteiger partial charge on any atom is 0.487 e. The minimum atomic E-state index is -1.14. The molecule has 0 bridgehead atoms. The molecule has 0 radical (unpaired) electrons. The highest BCUT2D eigenvalue weighted by atomic mass is 16.5. The van der Waals surface area contributed by atoms with Crippen LogP contribution in [-0.4, -0.2) is 29.1 Å². The Balaban J connectivity index is 1.43. The van der Waals surface area contributed by atoms with Gasteiger partial charge in [-0.1, -0.05) is 61.0 Å². The van der Waals surface area contributed by atoms with Crippen LogP contribution in [-0.2, 0) is 14.2 Å². The van der Waals surface area contributed by atoms with E-state index in [0.29, 0.717) is 30.3 Å². The molecule has 2 aliphatic heterocycles. The first kappa shape index (κ1) is 22.1. The molecule has 4 atom stereocenters. The van der Waals surface area contributed by atoms with Gasteiger partial charge in [-0.05, 0) is 59.8 Å². The van der Waals surface area contributed by atoms with Crippen LogP contribution in [0.4, 0.5) is 5.69 Å². The molecule has 176 valence electrons. The first-order valence-electron chi connectivity index (χ1n) is 12.2. The second-order valence-electron chi connectivity index (χ2n) is 9.64. The monoisotopic (exact) mass is 467 g/mol. The van der Waals surface area contributed by atoms with Crippen molar-refractivity contribution in [1.82, 2.24) is 0 Å². The van der Waals surface area contributed by atoms with Crippen molar-refractivity contribution in [2.24, 2.45) is 17.8 Å². The fourth-order valence-corrected chi connectivity index (χ4v) is 6.37. The van der Waals surface area contributed by atoms with E-state index in [1.807, 2.05) is 55.5 Å². The van der Waals surface area contributed by atoms with Gasteiger partial charge in [0.1, 0.15) is 5.75 Å². The number of amides is 2. The van der Waals surface area contributed by atoms with E-state index < -0.39 is 25.1 Å². The van der Waals surface area contributed by atoms with Gasteiger partial charge in [0.05, 0.1) is 23.6 Å². The van der Waals surface area contributed by atoms with Gasteiger partial charge < -0.3 is 14.8 Å². The molecule has 2 fully saturated rings. The molecule has 6 rings (SSSR count). The summed E-state index contributed by atoms with van der Waals surface area (Å²) in [6, 6.07) is 20.1. The highest BCUT2D eigenvalue weighted by Gasteiger charge is 2.58. The topological polar surface area (TPSA) is 87.1 Å². The molecule has 3 aromatic carbocycles. The number of nitrogens with zero attached hydrogens (tertiary/aromatic N) is 1. The van der Waals surface area contributed by atoms with Crippen molar-refractivity contribution >= 4 is 35.4 Å². The molecule has 7 heteroatoms. The highest BCUT2D eigenvalue weighted by molar-refractivity contribution is 6.53. The van der Waals surface area contributed by atoms with Gasteiger partial charge in [0, 0.05) is 5.39 Å². The van der Waals surface area contributed by atoms with E-state index in [1.165, 1.54) is 4.90 Å². The van der Waals surface area contributed by atoms with Crippen LogP contribution in [0.5, 0.6) is 5.75 Å². The van der Waals surface area contributed by atoms with E-state index in [1.54, 1.807) is 18.2 Å². The zero-order valence-corrected chi connectivity index (χ0v) is 19.4. The van der Waals surface area contributed by atoms with Gasteiger partial charge >= 0.3 is 7.12 Å². The molecule has 35 heavy (non-hydrogen) atoms. The molecule has 1 aliphatic carbocycles. The highest BCUT2D eigenvalue weighted by Crippen LogP contribution is 2.53. The smallest absolute Gasteiger partial charge is 0.487 e. The minimum Gasteiger partial charge on any atom is -0.507 e. The SMILES string of the molecule is CCC1=C2B(O)O[C@H](c3ccc(O)c4ccccc34)C[C@H]2[C@H]2C(=O)N(c3ccccc3)C(=O)[C@H]2C1. The number of rotatable bonds is 3. The third-order valence-electron chi connectivity index (χ3n) is 7.93. The normalized spacial score (nSPS) is 26.3. The van der Waals surface area contributed by atoms with Crippen LogP contribution < -0.4 is 4.90 Å². The number of anilines is 1. The van der Waals surface area contributed by atoms with Crippen molar-refractivity contribution in [3.05, 3.63) is 83.3 Å². The molecule has 6 nitrogen and oxygen atoms in total. The Bertz CT molecular complexity index is 1370. The van der Waals surface area contributed by atoms with Gasteiger partial charge in [0.25, 0.3) is 0 Å². The molecule has 0 unspecified atom stereocenters. The average molecular weight is 467 g/mol. The van der Waals surface area contributed by atoms with Crippen molar-refractivity contribution in [3.8, 4) is 5.75 Å². The first-order valence-corrected chi connectivity index (χ1v) is 12.2. The summed E-state index contributed by atoms with van der Waals surface area (Å²) < 4.78 is 6.15. The third kappa shape index (κ3) is 3.33. The second kappa shape index (κ2) is 8.36. The van der Waals surface area contributed by atoms with Crippen molar-refractivity contribution in [2.45, 2.75) is 32.3 Å². The first-order chi connectivity index (χ1) is 17.0. The number of benzene rings is 3. The summed E-state index contributed by atoms with van der Waals surface area (Å²) in [7, 11) is -1.14. The Morgan fingerprint density at radius 1 is 0.943 bits per heavy atom.